The predicted octanol–water partition coefficient (Wildman–Crippen LogP) is 1.73. The fourth-order valence-electron chi connectivity index (χ4n) is 1.03. The van der Waals surface area contributed by atoms with Crippen molar-refractivity contribution in [3.63, 3.8) is 0 Å². The minimum Gasteiger partial charge on any atom is -0.480 e. The SMILES string of the molecule is CCc1noc(CSC(CC)C(=O)O)n1. The van der Waals surface area contributed by atoms with Crippen LogP contribution in [0.2, 0.25) is 0 Å². The molecule has 0 bridgehead atoms. The van der Waals surface area contributed by atoms with Gasteiger partial charge in [-0.15, -0.1) is 11.8 Å². The summed E-state index contributed by atoms with van der Waals surface area (Å²) in [7, 11) is 0. The Labute approximate surface area is 92.2 Å². The second-order valence-corrected chi connectivity index (χ2v) is 4.20. The molecule has 1 heterocycles. The van der Waals surface area contributed by atoms with Crippen LogP contribution in [0, 0.1) is 0 Å². The molecule has 1 aromatic rings. The zero-order valence-corrected chi connectivity index (χ0v) is 9.58. The Kier molecular flexibility index (Phi) is 4.61. The molecular formula is C9H14N2O3S. The van der Waals surface area contributed by atoms with Crippen LogP contribution in [-0.4, -0.2) is 26.5 Å². The zero-order valence-electron chi connectivity index (χ0n) is 8.77. The molecule has 0 saturated heterocycles. The smallest absolute Gasteiger partial charge is 0.316 e. The lowest BCUT2D eigenvalue weighted by Gasteiger charge is -2.06. The minimum absolute atomic E-state index is 0.401. The van der Waals surface area contributed by atoms with Gasteiger partial charge in [-0.3, -0.25) is 4.79 Å². The van der Waals surface area contributed by atoms with Crippen LogP contribution in [0.3, 0.4) is 0 Å². The molecule has 84 valence electrons. The Hall–Kier alpha value is -1.04. The highest BCUT2D eigenvalue weighted by molar-refractivity contribution is 7.99. The van der Waals surface area contributed by atoms with E-state index < -0.39 is 11.2 Å². The number of nitrogens with zero attached hydrogens (tertiary/aromatic N) is 2. The summed E-state index contributed by atoms with van der Waals surface area (Å²) in [5.74, 6) is 0.820. The molecule has 0 aliphatic heterocycles. The first kappa shape index (κ1) is 12.0. The van der Waals surface area contributed by atoms with Crippen molar-refractivity contribution in [1.29, 1.82) is 0 Å². The quantitative estimate of drug-likeness (QED) is 0.802. The number of rotatable bonds is 6. The minimum atomic E-state index is -0.794. The lowest BCUT2D eigenvalue weighted by Crippen LogP contribution is -2.15. The third kappa shape index (κ3) is 3.54. The molecule has 1 rings (SSSR count). The van der Waals surface area contributed by atoms with Crippen molar-refractivity contribution in [3.05, 3.63) is 11.7 Å². The van der Waals surface area contributed by atoms with Gasteiger partial charge in [-0.25, -0.2) is 0 Å². The van der Waals surface area contributed by atoms with Crippen LogP contribution in [0.4, 0.5) is 0 Å². The average Bonchev–Trinajstić information content (AvgIpc) is 2.66. The van der Waals surface area contributed by atoms with Crippen LogP contribution in [0.5, 0.6) is 0 Å². The highest BCUT2D eigenvalue weighted by Gasteiger charge is 2.17. The van der Waals surface area contributed by atoms with Crippen molar-refractivity contribution < 1.29 is 14.4 Å². The third-order valence-corrected chi connectivity index (χ3v) is 3.23. The molecule has 0 radical (unpaired) electrons. The fourth-order valence-corrected chi connectivity index (χ4v) is 1.87. The third-order valence-electron chi connectivity index (χ3n) is 1.88. The second kappa shape index (κ2) is 5.75. The largest absolute Gasteiger partial charge is 0.480 e. The topological polar surface area (TPSA) is 76.2 Å². The van der Waals surface area contributed by atoms with Gasteiger partial charge in [-0.1, -0.05) is 19.0 Å². The summed E-state index contributed by atoms with van der Waals surface area (Å²) >= 11 is 1.31. The molecule has 0 fully saturated rings. The van der Waals surface area contributed by atoms with Crippen LogP contribution in [0.15, 0.2) is 4.52 Å². The molecule has 1 unspecified atom stereocenters. The van der Waals surface area contributed by atoms with Gasteiger partial charge >= 0.3 is 5.97 Å². The van der Waals surface area contributed by atoms with Crippen molar-refractivity contribution in [2.45, 2.75) is 37.7 Å². The van der Waals surface area contributed by atoms with Crippen LogP contribution in [-0.2, 0) is 17.0 Å². The summed E-state index contributed by atoms with van der Waals surface area (Å²) in [5, 5.41) is 12.2. The van der Waals surface area contributed by atoms with E-state index in [-0.39, 0.29) is 0 Å². The molecule has 0 aliphatic rings. The number of aromatic nitrogens is 2. The first-order chi connectivity index (χ1) is 7.17. The molecule has 6 heteroatoms. The summed E-state index contributed by atoms with van der Waals surface area (Å²) in [6.07, 6.45) is 1.32. The van der Waals surface area contributed by atoms with E-state index in [1.165, 1.54) is 11.8 Å². The van der Waals surface area contributed by atoms with Gasteiger partial charge < -0.3 is 9.63 Å². The van der Waals surface area contributed by atoms with E-state index >= 15 is 0 Å². The number of thioether (sulfide) groups is 1. The van der Waals surface area contributed by atoms with E-state index in [1.807, 2.05) is 13.8 Å². The number of aliphatic carboxylic acids is 1. The first-order valence-corrected chi connectivity index (χ1v) is 5.88. The molecule has 0 saturated carbocycles. The molecule has 0 amide bonds. The number of carboxylic acid groups (broad SMARTS) is 1. The Bertz CT molecular complexity index is 327. The van der Waals surface area contributed by atoms with Gasteiger partial charge in [0.2, 0.25) is 5.89 Å². The lowest BCUT2D eigenvalue weighted by molar-refractivity contribution is -0.136. The standard InChI is InChI=1S/C9H14N2O3S/c1-3-6(9(12)13)15-5-8-10-7(4-2)11-14-8/h6H,3-5H2,1-2H3,(H,12,13). The maximum atomic E-state index is 10.7. The summed E-state index contributed by atoms with van der Waals surface area (Å²) < 4.78 is 4.96. The zero-order chi connectivity index (χ0) is 11.3. The summed E-state index contributed by atoms with van der Waals surface area (Å²) in [6, 6.07) is 0. The molecule has 0 aliphatic carbocycles. The summed E-state index contributed by atoms with van der Waals surface area (Å²) in [6.45, 7) is 3.78. The maximum Gasteiger partial charge on any atom is 0.316 e. The van der Waals surface area contributed by atoms with Gasteiger partial charge in [0.1, 0.15) is 5.25 Å². The molecular weight excluding hydrogens is 216 g/mol. The Morgan fingerprint density at radius 2 is 2.33 bits per heavy atom. The molecule has 1 atom stereocenters. The molecule has 15 heavy (non-hydrogen) atoms. The Balaban J connectivity index is 2.45. The van der Waals surface area contributed by atoms with Crippen LogP contribution in [0.1, 0.15) is 32.0 Å². The van der Waals surface area contributed by atoms with Gasteiger partial charge in [0.15, 0.2) is 5.82 Å². The van der Waals surface area contributed by atoms with Crippen molar-refractivity contribution in [3.8, 4) is 0 Å². The van der Waals surface area contributed by atoms with Crippen LogP contribution >= 0.6 is 11.8 Å². The van der Waals surface area contributed by atoms with E-state index in [0.29, 0.717) is 23.9 Å². The van der Waals surface area contributed by atoms with Crippen molar-refractivity contribution in [2.75, 3.05) is 0 Å². The van der Waals surface area contributed by atoms with E-state index in [9.17, 15) is 4.79 Å². The second-order valence-electron chi connectivity index (χ2n) is 3.00. The number of aryl methyl sites for hydroxylation is 1. The van der Waals surface area contributed by atoms with Gasteiger partial charge in [0, 0.05) is 6.42 Å². The maximum absolute atomic E-state index is 10.7. The molecule has 1 N–H and O–H groups in total. The van der Waals surface area contributed by atoms with Crippen LogP contribution in [0.25, 0.3) is 0 Å². The number of hydrogen-bond acceptors (Lipinski definition) is 5. The van der Waals surface area contributed by atoms with Crippen LogP contribution < -0.4 is 0 Å². The molecule has 0 spiro atoms. The van der Waals surface area contributed by atoms with Gasteiger partial charge in [-0.2, -0.15) is 4.98 Å². The average molecular weight is 230 g/mol. The lowest BCUT2D eigenvalue weighted by atomic mass is 10.3. The highest BCUT2D eigenvalue weighted by atomic mass is 32.2. The monoisotopic (exact) mass is 230 g/mol. The van der Waals surface area contributed by atoms with Gasteiger partial charge in [0.05, 0.1) is 5.75 Å². The summed E-state index contributed by atoms with van der Waals surface area (Å²) in [5.41, 5.74) is 0. The molecule has 0 aromatic carbocycles. The fraction of sp³-hybridized carbons (Fsp3) is 0.667. The molecule has 1 aromatic heterocycles. The van der Waals surface area contributed by atoms with E-state index in [0.717, 1.165) is 6.42 Å². The van der Waals surface area contributed by atoms with Crippen molar-refractivity contribution in [2.24, 2.45) is 0 Å². The summed E-state index contributed by atoms with van der Waals surface area (Å²) in [4.78, 5) is 14.8. The number of carboxylic acids is 1. The van der Waals surface area contributed by atoms with Crippen molar-refractivity contribution in [1.82, 2.24) is 10.1 Å². The number of hydrogen-bond donors (Lipinski definition) is 1. The predicted molar refractivity (Wildman–Crippen MR) is 56.7 cm³/mol. The van der Waals surface area contributed by atoms with Crippen molar-refractivity contribution >= 4 is 17.7 Å². The van der Waals surface area contributed by atoms with Gasteiger partial charge in [-0.05, 0) is 6.42 Å². The first-order valence-electron chi connectivity index (χ1n) is 4.83. The van der Waals surface area contributed by atoms with E-state index in [2.05, 4.69) is 10.1 Å². The number of carbonyl (C=O) groups is 1. The van der Waals surface area contributed by atoms with Gasteiger partial charge in [0.25, 0.3) is 0 Å². The Morgan fingerprint density at radius 3 is 2.80 bits per heavy atom. The molecule has 5 nitrogen and oxygen atoms in total. The highest BCUT2D eigenvalue weighted by Crippen LogP contribution is 2.19. The van der Waals surface area contributed by atoms with E-state index in [1.54, 1.807) is 0 Å². The van der Waals surface area contributed by atoms with E-state index in [4.69, 9.17) is 9.63 Å². The normalized spacial score (nSPS) is 12.7. The Morgan fingerprint density at radius 1 is 1.60 bits per heavy atom.